The average molecular weight is 308 g/mol. The molecule has 3 heteroatoms. The lowest BCUT2D eigenvalue weighted by Gasteiger charge is -2.30. The molecule has 1 saturated heterocycles. The minimum absolute atomic E-state index is 0.158. The van der Waals surface area contributed by atoms with E-state index in [0.29, 0.717) is 12.0 Å². The molecule has 1 aliphatic heterocycles. The molecule has 2 aliphatic rings. The van der Waals surface area contributed by atoms with Gasteiger partial charge < -0.3 is 10.6 Å². The third-order valence-electron chi connectivity index (χ3n) is 5.42. The van der Waals surface area contributed by atoms with Gasteiger partial charge >= 0.3 is 0 Å². The molecule has 4 unspecified atom stereocenters. The molecule has 3 nitrogen and oxygen atoms in total. The fraction of sp³-hybridized carbons (Fsp3) is 0.450. The first-order valence-corrected chi connectivity index (χ1v) is 8.75. The summed E-state index contributed by atoms with van der Waals surface area (Å²) in [6, 6.07) is 15.7. The molecular weight excluding hydrogens is 284 g/mol. The number of amides is 1. The summed E-state index contributed by atoms with van der Waals surface area (Å²) >= 11 is 0. The molecular formula is C20H24N2O. The first kappa shape index (κ1) is 14.7. The highest BCUT2D eigenvalue weighted by Gasteiger charge is 2.44. The number of hydrogen-bond donors (Lipinski definition) is 2. The van der Waals surface area contributed by atoms with Gasteiger partial charge in [0.15, 0.2) is 0 Å². The van der Waals surface area contributed by atoms with Crippen molar-refractivity contribution in [1.29, 1.82) is 0 Å². The Morgan fingerprint density at radius 1 is 1.17 bits per heavy atom. The number of hydrogen-bond acceptors (Lipinski definition) is 2. The fourth-order valence-electron chi connectivity index (χ4n) is 3.82. The molecule has 0 spiro atoms. The molecule has 2 N–H and O–H groups in total. The Bertz CT molecular complexity index is 726. The zero-order valence-electron chi connectivity index (χ0n) is 13.6. The minimum atomic E-state index is 0.158. The number of rotatable bonds is 3. The summed E-state index contributed by atoms with van der Waals surface area (Å²) in [6.45, 7) is 3.23. The normalized spacial score (nSPS) is 30.1. The van der Waals surface area contributed by atoms with Crippen molar-refractivity contribution in [2.45, 2.75) is 44.2 Å². The standard InChI is InChI=1S/C20H24N2O/c1-13-19(7-4-10-21-13)22-20(23)18-12-17(18)16-9-8-14-5-2-3-6-15(14)11-16/h2-3,5-6,8-9,11,13,17-19,21H,4,7,10,12H2,1H3,(H,22,23). The van der Waals surface area contributed by atoms with E-state index in [4.69, 9.17) is 0 Å². The maximum Gasteiger partial charge on any atom is 0.224 e. The topological polar surface area (TPSA) is 41.1 Å². The number of benzene rings is 2. The van der Waals surface area contributed by atoms with E-state index in [0.717, 1.165) is 25.8 Å². The number of fused-ring (bicyclic) bond motifs is 1. The molecule has 120 valence electrons. The molecule has 23 heavy (non-hydrogen) atoms. The van der Waals surface area contributed by atoms with E-state index in [9.17, 15) is 4.79 Å². The summed E-state index contributed by atoms with van der Waals surface area (Å²) in [6.07, 6.45) is 3.22. The average Bonchev–Trinajstić information content (AvgIpc) is 3.37. The van der Waals surface area contributed by atoms with E-state index >= 15 is 0 Å². The molecule has 0 bridgehead atoms. The third-order valence-corrected chi connectivity index (χ3v) is 5.42. The highest BCUT2D eigenvalue weighted by atomic mass is 16.2. The predicted octanol–water partition coefficient (Wildman–Crippen LogP) is 3.20. The summed E-state index contributed by atoms with van der Waals surface area (Å²) in [5.74, 6) is 0.792. The molecule has 0 radical (unpaired) electrons. The van der Waals surface area contributed by atoms with Crippen molar-refractivity contribution < 1.29 is 4.79 Å². The van der Waals surface area contributed by atoms with Gasteiger partial charge in [0.05, 0.1) is 0 Å². The first-order valence-electron chi connectivity index (χ1n) is 8.75. The number of carbonyl (C=O) groups excluding carboxylic acids is 1. The number of nitrogens with one attached hydrogen (secondary N) is 2. The Morgan fingerprint density at radius 3 is 2.83 bits per heavy atom. The fourth-order valence-corrected chi connectivity index (χ4v) is 3.82. The van der Waals surface area contributed by atoms with Gasteiger partial charge in [0.2, 0.25) is 5.91 Å². The maximum absolute atomic E-state index is 12.5. The predicted molar refractivity (Wildman–Crippen MR) is 93.4 cm³/mol. The van der Waals surface area contributed by atoms with E-state index in [1.807, 2.05) is 0 Å². The van der Waals surface area contributed by atoms with Crippen LogP contribution in [0, 0.1) is 5.92 Å². The van der Waals surface area contributed by atoms with Crippen molar-refractivity contribution in [2.24, 2.45) is 5.92 Å². The quantitative estimate of drug-likeness (QED) is 0.914. The summed E-state index contributed by atoms with van der Waals surface area (Å²) in [5.41, 5.74) is 1.30. The SMILES string of the molecule is CC1NCCCC1NC(=O)C1CC1c1ccc2ccccc2c1. The van der Waals surface area contributed by atoms with Gasteiger partial charge in [-0.2, -0.15) is 0 Å². The zero-order chi connectivity index (χ0) is 15.8. The second-order valence-corrected chi connectivity index (χ2v) is 7.06. The lowest BCUT2D eigenvalue weighted by molar-refractivity contribution is -0.123. The maximum atomic E-state index is 12.5. The van der Waals surface area contributed by atoms with Gasteiger partial charge in [0.25, 0.3) is 0 Å². The van der Waals surface area contributed by atoms with Crippen LogP contribution in [0.15, 0.2) is 42.5 Å². The number of carbonyl (C=O) groups is 1. The third kappa shape index (κ3) is 2.98. The Balaban J connectivity index is 1.43. The lowest BCUT2D eigenvalue weighted by Crippen LogP contribution is -2.52. The van der Waals surface area contributed by atoms with E-state index in [1.54, 1.807) is 0 Å². The van der Waals surface area contributed by atoms with Crippen LogP contribution in [0.1, 0.15) is 37.7 Å². The monoisotopic (exact) mass is 308 g/mol. The summed E-state index contributed by atoms with van der Waals surface area (Å²) in [7, 11) is 0. The smallest absolute Gasteiger partial charge is 0.224 e. The Morgan fingerprint density at radius 2 is 2.00 bits per heavy atom. The van der Waals surface area contributed by atoms with Crippen LogP contribution >= 0.6 is 0 Å². The lowest BCUT2D eigenvalue weighted by atomic mass is 9.99. The Labute approximate surface area is 137 Å². The van der Waals surface area contributed by atoms with Gasteiger partial charge in [0.1, 0.15) is 0 Å². The van der Waals surface area contributed by atoms with Crippen molar-refractivity contribution in [3.63, 3.8) is 0 Å². The van der Waals surface area contributed by atoms with Gasteiger partial charge in [-0.3, -0.25) is 4.79 Å². The van der Waals surface area contributed by atoms with Crippen molar-refractivity contribution in [1.82, 2.24) is 10.6 Å². The molecule has 1 aliphatic carbocycles. The molecule has 2 aromatic carbocycles. The molecule has 2 aromatic rings. The second-order valence-electron chi connectivity index (χ2n) is 7.06. The van der Waals surface area contributed by atoms with Gasteiger partial charge in [-0.1, -0.05) is 42.5 Å². The molecule has 1 amide bonds. The second kappa shape index (κ2) is 5.97. The molecule has 4 rings (SSSR count). The summed E-state index contributed by atoms with van der Waals surface area (Å²) in [5, 5.41) is 9.24. The van der Waals surface area contributed by atoms with E-state index in [1.165, 1.54) is 16.3 Å². The van der Waals surface area contributed by atoms with Crippen LogP contribution in [-0.2, 0) is 4.79 Å². The summed E-state index contributed by atoms with van der Waals surface area (Å²) < 4.78 is 0. The highest BCUT2D eigenvalue weighted by Crippen LogP contribution is 2.48. The molecule has 4 atom stereocenters. The highest BCUT2D eigenvalue weighted by molar-refractivity contribution is 5.86. The van der Waals surface area contributed by atoms with Crippen LogP contribution in [0.25, 0.3) is 10.8 Å². The van der Waals surface area contributed by atoms with Crippen LogP contribution in [0.3, 0.4) is 0 Å². The van der Waals surface area contributed by atoms with E-state index < -0.39 is 0 Å². The van der Waals surface area contributed by atoms with E-state index in [-0.39, 0.29) is 17.9 Å². The molecule has 1 heterocycles. The van der Waals surface area contributed by atoms with Gasteiger partial charge in [0, 0.05) is 18.0 Å². The van der Waals surface area contributed by atoms with Crippen LogP contribution in [0.2, 0.25) is 0 Å². The van der Waals surface area contributed by atoms with Gasteiger partial charge in [-0.25, -0.2) is 0 Å². The first-order chi connectivity index (χ1) is 11.2. The Hall–Kier alpha value is -1.87. The van der Waals surface area contributed by atoms with Crippen molar-refractivity contribution in [2.75, 3.05) is 6.54 Å². The van der Waals surface area contributed by atoms with Crippen LogP contribution in [0.5, 0.6) is 0 Å². The summed E-state index contributed by atoms with van der Waals surface area (Å²) in [4.78, 5) is 12.5. The van der Waals surface area contributed by atoms with Gasteiger partial charge in [-0.15, -0.1) is 0 Å². The largest absolute Gasteiger partial charge is 0.352 e. The molecule has 2 fully saturated rings. The number of piperidine rings is 1. The van der Waals surface area contributed by atoms with Crippen LogP contribution in [-0.4, -0.2) is 24.5 Å². The zero-order valence-corrected chi connectivity index (χ0v) is 13.6. The van der Waals surface area contributed by atoms with Crippen molar-refractivity contribution in [3.05, 3.63) is 48.0 Å². The Kier molecular flexibility index (Phi) is 3.82. The molecule has 1 saturated carbocycles. The van der Waals surface area contributed by atoms with Crippen molar-refractivity contribution in [3.8, 4) is 0 Å². The van der Waals surface area contributed by atoms with Crippen LogP contribution in [0.4, 0.5) is 0 Å². The molecule has 0 aromatic heterocycles. The van der Waals surface area contributed by atoms with E-state index in [2.05, 4.69) is 60.0 Å². The van der Waals surface area contributed by atoms with Gasteiger partial charge in [-0.05, 0) is 55.0 Å². The minimum Gasteiger partial charge on any atom is -0.352 e. The van der Waals surface area contributed by atoms with Crippen LogP contribution < -0.4 is 10.6 Å². The van der Waals surface area contributed by atoms with Crippen molar-refractivity contribution >= 4 is 16.7 Å².